The van der Waals surface area contributed by atoms with Gasteiger partial charge in [0.2, 0.25) is 11.8 Å². The van der Waals surface area contributed by atoms with Crippen molar-refractivity contribution < 1.29 is 29.1 Å². The van der Waals surface area contributed by atoms with Crippen molar-refractivity contribution in [1.82, 2.24) is 10.2 Å². The summed E-state index contributed by atoms with van der Waals surface area (Å²) in [7, 11) is 0. The lowest BCUT2D eigenvalue weighted by atomic mass is 9.91. The zero-order valence-corrected chi connectivity index (χ0v) is 17.3. The highest BCUT2D eigenvalue weighted by Crippen LogP contribution is 2.35. The second-order valence-corrected chi connectivity index (χ2v) is 8.49. The molecule has 0 aliphatic carbocycles. The molecule has 9 heteroatoms. The number of carboxylic acid groups (broad SMARTS) is 1. The van der Waals surface area contributed by atoms with Crippen LogP contribution in [0.1, 0.15) is 64.8 Å². The Morgan fingerprint density at radius 1 is 1.06 bits per heavy atom. The van der Waals surface area contributed by atoms with Crippen LogP contribution in [0.5, 0.6) is 0 Å². The van der Waals surface area contributed by atoms with Crippen molar-refractivity contribution in [3.63, 3.8) is 0 Å². The summed E-state index contributed by atoms with van der Waals surface area (Å²) < 4.78 is 0. The number of nitrogens with one attached hydrogen (secondary N) is 1. The van der Waals surface area contributed by atoms with E-state index >= 15 is 0 Å². The first kappa shape index (κ1) is 21.0. The van der Waals surface area contributed by atoms with E-state index in [4.69, 9.17) is 5.11 Å². The third-order valence-corrected chi connectivity index (χ3v) is 6.48. The van der Waals surface area contributed by atoms with Crippen LogP contribution in [0.15, 0.2) is 12.1 Å². The van der Waals surface area contributed by atoms with Gasteiger partial charge in [-0.05, 0) is 56.2 Å². The van der Waals surface area contributed by atoms with E-state index in [2.05, 4.69) is 10.2 Å². The Labute approximate surface area is 179 Å². The molecule has 4 rings (SSSR count). The highest BCUT2D eigenvalue weighted by Gasteiger charge is 2.45. The van der Waals surface area contributed by atoms with Gasteiger partial charge in [0.05, 0.1) is 11.1 Å². The number of carbonyl (C=O) groups is 5. The lowest BCUT2D eigenvalue weighted by molar-refractivity contribution is -0.138. The Balaban J connectivity index is 1.52. The maximum Gasteiger partial charge on any atom is 0.303 e. The number of carbonyl (C=O) groups excluding carboxylic acids is 4. The van der Waals surface area contributed by atoms with Crippen LogP contribution in [-0.2, 0) is 14.4 Å². The first-order chi connectivity index (χ1) is 14.8. The minimum atomic E-state index is -0.973. The van der Waals surface area contributed by atoms with Crippen molar-refractivity contribution in [3.8, 4) is 0 Å². The van der Waals surface area contributed by atoms with Gasteiger partial charge >= 0.3 is 5.97 Å². The van der Waals surface area contributed by atoms with Gasteiger partial charge in [-0.2, -0.15) is 0 Å². The molecule has 4 amide bonds. The molecule has 164 valence electrons. The zero-order valence-electron chi connectivity index (χ0n) is 17.3. The number of carboxylic acids is 1. The molecule has 2 saturated heterocycles. The van der Waals surface area contributed by atoms with Crippen LogP contribution >= 0.6 is 0 Å². The van der Waals surface area contributed by atoms with Gasteiger partial charge in [0, 0.05) is 31.6 Å². The average molecular weight is 427 g/mol. The Morgan fingerprint density at radius 2 is 1.71 bits per heavy atom. The van der Waals surface area contributed by atoms with Crippen LogP contribution in [-0.4, -0.2) is 58.7 Å². The minimum Gasteiger partial charge on any atom is -0.481 e. The van der Waals surface area contributed by atoms with Gasteiger partial charge in [0.15, 0.2) is 0 Å². The van der Waals surface area contributed by atoms with Gasteiger partial charge in [0.25, 0.3) is 11.8 Å². The summed E-state index contributed by atoms with van der Waals surface area (Å²) in [6.45, 7) is 3.39. The number of imide groups is 2. The highest BCUT2D eigenvalue weighted by molar-refractivity contribution is 6.24. The molecule has 0 aromatic heterocycles. The first-order valence-electron chi connectivity index (χ1n) is 10.6. The van der Waals surface area contributed by atoms with Gasteiger partial charge in [-0.3, -0.25) is 34.2 Å². The number of hydrogen-bond donors (Lipinski definition) is 2. The molecular formula is C22H25N3O6. The van der Waals surface area contributed by atoms with Gasteiger partial charge in [-0.15, -0.1) is 0 Å². The molecule has 1 unspecified atom stereocenters. The predicted molar refractivity (Wildman–Crippen MR) is 110 cm³/mol. The summed E-state index contributed by atoms with van der Waals surface area (Å²) in [5, 5.41) is 11.1. The Morgan fingerprint density at radius 3 is 2.32 bits per heavy atom. The normalized spacial score (nSPS) is 22.0. The SMILES string of the molecule is Cc1cc2c(cc1N1CCC(CCC(=O)O)CC1)C(=O)N(C1CCC(=O)NC1=O)C2=O. The number of nitrogens with zero attached hydrogens (tertiary/aromatic N) is 2. The van der Waals surface area contributed by atoms with Gasteiger partial charge in [-0.1, -0.05) is 0 Å². The molecule has 1 aromatic carbocycles. The van der Waals surface area contributed by atoms with E-state index in [1.54, 1.807) is 12.1 Å². The molecule has 0 bridgehead atoms. The molecule has 0 spiro atoms. The standard InChI is InChI=1S/C22H25N3O6/c1-12-10-14-15(11-17(12)24-8-6-13(7-9-24)2-5-19(27)28)22(31)25(21(14)30)16-3-4-18(26)23-20(16)29/h10-11,13,16H,2-9H2,1H3,(H,27,28)(H,23,26,29). The Hall–Kier alpha value is -3.23. The molecule has 3 aliphatic heterocycles. The summed E-state index contributed by atoms with van der Waals surface area (Å²) in [4.78, 5) is 63.6. The van der Waals surface area contributed by atoms with E-state index in [0.717, 1.165) is 42.1 Å². The molecule has 3 heterocycles. The fourth-order valence-electron chi connectivity index (χ4n) is 4.74. The number of fused-ring (bicyclic) bond motifs is 1. The first-order valence-corrected chi connectivity index (χ1v) is 10.6. The molecule has 3 aliphatic rings. The fourth-order valence-corrected chi connectivity index (χ4v) is 4.74. The van der Waals surface area contributed by atoms with Crippen LogP contribution in [0.3, 0.4) is 0 Å². The number of rotatable bonds is 5. The van der Waals surface area contributed by atoms with E-state index in [-0.39, 0.29) is 30.4 Å². The number of benzene rings is 1. The predicted octanol–water partition coefficient (Wildman–Crippen LogP) is 1.48. The lowest BCUT2D eigenvalue weighted by Gasteiger charge is -2.34. The maximum absolute atomic E-state index is 13.0. The molecule has 2 fully saturated rings. The largest absolute Gasteiger partial charge is 0.481 e. The summed E-state index contributed by atoms with van der Waals surface area (Å²) in [5.41, 5.74) is 2.31. The van der Waals surface area contributed by atoms with Crippen molar-refractivity contribution in [1.29, 1.82) is 0 Å². The quantitative estimate of drug-likeness (QED) is 0.682. The Bertz CT molecular complexity index is 980. The van der Waals surface area contributed by atoms with E-state index < -0.39 is 35.6 Å². The molecule has 1 aromatic rings. The Kier molecular flexibility index (Phi) is 5.51. The molecule has 0 saturated carbocycles. The monoisotopic (exact) mass is 427 g/mol. The van der Waals surface area contributed by atoms with E-state index in [9.17, 15) is 24.0 Å². The van der Waals surface area contributed by atoms with E-state index in [1.807, 2.05) is 6.92 Å². The number of amides is 4. The number of hydrogen-bond acceptors (Lipinski definition) is 6. The fraction of sp³-hybridized carbons (Fsp3) is 0.500. The van der Waals surface area contributed by atoms with E-state index in [1.165, 1.54) is 0 Å². The molecule has 2 N–H and O–H groups in total. The smallest absolute Gasteiger partial charge is 0.303 e. The van der Waals surface area contributed by atoms with Crippen LogP contribution in [0.2, 0.25) is 0 Å². The number of piperidine rings is 2. The van der Waals surface area contributed by atoms with Crippen molar-refractivity contribution in [3.05, 3.63) is 28.8 Å². The molecule has 9 nitrogen and oxygen atoms in total. The van der Waals surface area contributed by atoms with Crippen molar-refractivity contribution >= 4 is 35.3 Å². The van der Waals surface area contributed by atoms with Gasteiger partial charge in [0.1, 0.15) is 6.04 Å². The summed E-state index contributed by atoms with van der Waals surface area (Å²) >= 11 is 0. The van der Waals surface area contributed by atoms with Crippen molar-refractivity contribution in [2.45, 2.75) is 51.5 Å². The summed E-state index contributed by atoms with van der Waals surface area (Å²) in [5.74, 6) is -2.44. The summed E-state index contributed by atoms with van der Waals surface area (Å²) in [6.07, 6.45) is 2.81. The van der Waals surface area contributed by atoms with Crippen molar-refractivity contribution in [2.75, 3.05) is 18.0 Å². The minimum absolute atomic E-state index is 0.0882. The number of anilines is 1. The molecule has 1 atom stereocenters. The summed E-state index contributed by atoms with van der Waals surface area (Å²) in [6, 6.07) is 2.46. The van der Waals surface area contributed by atoms with Crippen molar-refractivity contribution in [2.24, 2.45) is 5.92 Å². The van der Waals surface area contributed by atoms with Crippen LogP contribution in [0.4, 0.5) is 5.69 Å². The topological polar surface area (TPSA) is 124 Å². The van der Waals surface area contributed by atoms with Crippen LogP contribution < -0.4 is 10.2 Å². The zero-order chi connectivity index (χ0) is 22.3. The lowest BCUT2D eigenvalue weighted by Crippen LogP contribution is -2.54. The van der Waals surface area contributed by atoms with Crippen LogP contribution in [0, 0.1) is 12.8 Å². The molecule has 0 radical (unpaired) electrons. The average Bonchev–Trinajstić information content (AvgIpc) is 2.96. The van der Waals surface area contributed by atoms with Crippen LogP contribution in [0.25, 0.3) is 0 Å². The van der Waals surface area contributed by atoms with Gasteiger partial charge in [-0.25, -0.2) is 0 Å². The number of aliphatic carboxylic acids is 1. The molecular weight excluding hydrogens is 402 g/mol. The third-order valence-electron chi connectivity index (χ3n) is 6.48. The second-order valence-electron chi connectivity index (χ2n) is 8.49. The second kappa shape index (κ2) is 8.13. The van der Waals surface area contributed by atoms with E-state index in [0.29, 0.717) is 12.3 Å². The highest BCUT2D eigenvalue weighted by atomic mass is 16.4. The molecule has 31 heavy (non-hydrogen) atoms. The maximum atomic E-state index is 13.0. The van der Waals surface area contributed by atoms with Gasteiger partial charge < -0.3 is 10.0 Å². The third kappa shape index (κ3) is 3.92. The number of aryl methyl sites for hydroxylation is 1.